The first-order valence-corrected chi connectivity index (χ1v) is 6.29. The Labute approximate surface area is 105 Å². The minimum absolute atomic E-state index is 0.529. The van der Waals surface area contributed by atoms with Crippen LogP contribution in [0.3, 0.4) is 0 Å². The Hall–Kier alpha value is -1.85. The summed E-state index contributed by atoms with van der Waals surface area (Å²) in [5.41, 5.74) is 1.09. The molecule has 1 aromatic heterocycles. The Morgan fingerprint density at radius 1 is 1.17 bits per heavy atom. The van der Waals surface area contributed by atoms with Gasteiger partial charge in [-0.1, -0.05) is 0 Å². The number of hydrogen-bond donors (Lipinski definition) is 1. The Morgan fingerprint density at radius 3 is 2.39 bits per heavy atom. The molecule has 1 aliphatic heterocycles. The maximum atomic E-state index is 10.8. The molecule has 2 aliphatic rings. The molecule has 0 radical (unpaired) electrons. The van der Waals surface area contributed by atoms with Crippen LogP contribution < -0.4 is 4.90 Å². The number of amides is 1. The Bertz CT molecular complexity index is 436. The van der Waals surface area contributed by atoms with Crippen LogP contribution in [0.2, 0.25) is 0 Å². The summed E-state index contributed by atoms with van der Waals surface area (Å²) in [4.78, 5) is 23.2. The summed E-state index contributed by atoms with van der Waals surface area (Å²) in [5.74, 6) is 1.47. The van der Waals surface area contributed by atoms with Crippen LogP contribution in [-0.4, -0.2) is 52.2 Å². The van der Waals surface area contributed by atoms with Crippen LogP contribution in [0.5, 0.6) is 0 Å². The zero-order chi connectivity index (χ0) is 12.5. The summed E-state index contributed by atoms with van der Waals surface area (Å²) < 4.78 is 0. The molecule has 18 heavy (non-hydrogen) atoms. The third-order valence-electron chi connectivity index (χ3n) is 3.53. The topological polar surface area (TPSA) is 69.6 Å². The molecule has 96 valence electrons. The van der Waals surface area contributed by atoms with Gasteiger partial charge in [0.25, 0.3) is 0 Å². The van der Waals surface area contributed by atoms with E-state index in [1.165, 1.54) is 17.7 Å². The fraction of sp³-hybridized carbons (Fsp3) is 0.583. The third-order valence-corrected chi connectivity index (χ3v) is 3.53. The second-order valence-electron chi connectivity index (χ2n) is 4.83. The first kappa shape index (κ1) is 11.3. The van der Waals surface area contributed by atoms with E-state index in [2.05, 4.69) is 14.9 Å². The van der Waals surface area contributed by atoms with E-state index in [0.29, 0.717) is 32.1 Å². The highest BCUT2D eigenvalue weighted by molar-refractivity contribution is 5.65. The van der Waals surface area contributed by atoms with Crippen molar-refractivity contribution in [2.45, 2.75) is 18.8 Å². The zero-order valence-electron chi connectivity index (χ0n) is 10.1. The molecule has 0 unspecified atom stereocenters. The maximum Gasteiger partial charge on any atom is 0.407 e. The molecule has 2 fully saturated rings. The number of carbonyl (C=O) groups is 1. The van der Waals surface area contributed by atoms with Crippen molar-refractivity contribution in [2.24, 2.45) is 0 Å². The molecule has 3 rings (SSSR count). The van der Waals surface area contributed by atoms with Gasteiger partial charge in [-0.2, -0.15) is 0 Å². The fourth-order valence-electron chi connectivity index (χ4n) is 2.21. The summed E-state index contributed by atoms with van der Waals surface area (Å²) in [6.07, 6.45) is 5.28. The first-order valence-electron chi connectivity index (χ1n) is 6.29. The number of anilines is 1. The van der Waals surface area contributed by atoms with Gasteiger partial charge in [-0.15, -0.1) is 0 Å². The summed E-state index contributed by atoms with van der Waals surface area (Å²) in [5, 5.41) is 8.88. The molecule has 1 amide bonds. The molecule has 0 atom stereocenters. The van der Waals surface area contributed by atoms with Crippen LogP contribution in [-0.2, 0) is 0 Å². The number of hydrogen-bond acceptors (Lipinski definition) is 4. The highest BCUT2D eigenvalue weighted by Gasteiger charge is 2.26. The van der Waals surface area contributed by atoms with Crippen LogP contribution in [0, 0.1) is 0 Å². The van der Waals surface area contributed by atoms with Gasteiger partial charge >= 0.3 is 6.09 Å². The van der Waals surface area contributed by atoms with E-state index >= 15 is 0 Å². The first-order chi connectivity index (χ1) is 8.74. The predicted molar refractivity (Wildman–Crippen MR) is 65.8 cm³/mol. The summed E-state index contributed by atoms with van der Waals surface area (Å²) in [7, 11) is 0. The summed E-state index contributed by atoms with van der Waals surface area (Å²) in [6.45, 7) is 2.43. The minimum Gasteiger partial charge on any atom is -0.465 e. The van der Waals surface area contributed by atoms with Crippen LogP contribution in [0.15, 0.2) is 12.4 Å². The lowest BCUT2D eigenvalue weighted by atomic mass is 10.3. The number of aromatic nitrogens is 2. The Balaban J connectivity index is 1.63. The lowest BCUT2D eigenvalue weighted by molar-refractivity contribution is 0.142. The third kappa shape index (κ3) is 2.23. The van der Waals surface area contributed by atoms with E-state index < -0.39 is 6.09 Å². The normalized spacial score (nSPS) is 20.0. The number of carboxylic acid groups (broad SMARTS) is 1. The molecule has 0 aromatic carbocycles. The summed E-state index contributed by atoms with van der Waals surface area (Å²) in [6, 6.07) is 0. The van der Waals surface area contributed by atoms with Crippen molar-refractivity contribution in [2.75, 3.05) is 31.1 Å². The number of nitrogens with zero attached hydrogens (tertiary/aromatic N) is 4. The van der Waals surface area contributed by atoms with Crippen LogP contribution in [0.4, 0.5) is 10.6 Å². The Kier molecular flexibility index (Phi) is 2.77. The van der Waals surface area contributed by atoms with Crippen LogP contribution >= 0.6 is 0 Å². The number of piperazine rings is 1. The van der Waals surface area contributed by atoms with E-state index in [1.807, 2.05) is 12.4 Å². The van der Waals surface area contributed by atoms with Gasteiger partial charge in [-0.25, -0.2) is 9.78 Å². The molecule has 2 heterocycles. The van der Waals surface area contributed by atoms with Gasteiger partial charge in [0.15, 0.2) is 0 Å². The van der Waals surface area contributed by atoms with Crippen molar-refractivity contribution in [3.8, 4) is 0 Å². The molecule has 0 bridgehead atoms. The van der Waals surface area contributed by atoms with Crippen molar-refractivity contribution >= 4 is 11.9 Å². The standard InChI is InChI=1S/C12H16N4O2/c17-12(18)16-5-3-15(4-6-16)11-8-13-10(7-14-11)9-1-2-9/h7-9H,1-6H2,(H,17,18). The van der Waals surface area contributed by atoms with Gasteiger partial charge in [0, 0.05) is 32.1 Å². The molecule has 6 nitrogen and oxygen atoms in total. The molecule has 1 saturated heterocycles. The van der Waals surface area contributed by atoms with Gasteiger partial charge in [0.2, 0.25) is 0 Å². The highest BCUT2D eigenvalue weighted by atomic mass is 16.4. The van der Waals surface area contributed by atoms with Crippen molar-refractivity contribution in [3.63, 3.8) is 0 Å². The largest absolute Gasteiger partial charge is 0.465 e. The molecule has 1 saturated carbocycles. The Morgan fingerprint density at radius 2 is 1.89 bits per heavy atom. The van der Waals surface area contributed by atoms with E-state index in [4.69, 9.17) is 5.11 Å². The van der Waals surface area contributed by atoms with Gasteiger partial charge in [0.05, 0.1) is 18.1 Å². The average molecular weight is 248 g/mol. The van der Waals surface area contributed by atoms with Gasteiger partial charge in [-0.3, -0.25) is 4.98 Å². The van der Waals surface area contributed by atoms with Crippen LogP contribution in [0.1, 0.15) is 24.5 Å². The van der Waals surface area contributed by atoms with Gasteiger partial charge in [0.1, 0.15) is 5.82 Å². The van der Waals surface area contributed by atoms with Crippen molar-refractivity contribution < 1.29 is 9.90 Å². The van der Waals surface area contributed by atoms with E-state index in [1.54, 1.807) is 0 Å². The van der Waals surface area contributed by atoms with E-state index in [-0.39, 0.29) is 0 Å². The van der Waals surface area contributed by atoms with Gasteiger partial charge in [-0.05, 0) is 12.8 Å². The molecular formula is C12H16N4O2. The molecule has 6 heteroatoms. The van der Waals surface area contributed by atoms with E-state index in [9.17, 15) is 4.79 Å². The van der Waals surface area contributed by atoms with Gasteiger partial charge < -0.3 is 14.9 Å². The molecule has 1 N–H and O–H groups in total. The van der Waals surface area contributed by atoms with Crippen molar-refractivity contribution in [1.82, 2.24) is 14.9 Å². The molecule has 0 spiro atoms. The monoisotopic (exact) mass is 248 g/mol. The van der Waals surface area contributed by atoms with Crippen molar-refractivity contribution in [1.29, 1.82) is 0 Å². The van der Waals surface area contributed by atoms with Crippen molar-refractivity contribution in [3.05, 3.63) is 18.1 Å². The lowest BCUT2D eigenvalue weighted by Crippen LogP contribution is -2.48. The smallest absolute Gasteiger partial charge is 0.407 e. The van der Waals surface area contributed by atoms with E-state index in [0.717, 1.165) is 11.5 Å². The van der Waals surface area contributed by atoms with Crippen LogP contribution in [0.25, 0.3) is 0 Å². The SMILES string of the molecule is O=C(O)N1CCN(c2cnc(C3CC3)cn2)CC1. The minimum atomic E-state index is -0.843. The lowest BCUT2D eigenvalue weighted by Gasteiger charge is -2.33. The highest BCUT2D eigenvalue weighted by Crippen LogP contribution is 2.38. The quantitative estimate of drug-likeness (QED) is 0.850. The second kappa shape index (κ2) is 4.44. The number of rotatable bonds is 2. The zero-order valence-corrected chi connectivity index (χ0v) is 10.1. The predicted octanol–water partition coefficient (Wildman–Crippen LogP) is 1.15. The fourth-order valence-corrected chi connectivity index (χ4v) is 2.21. The molecular weight excluding hydrogens is 232 g/mol. The average Bonchev–Trinajstić information content (AvgIpc) is 3.23. The molecule has 1 aliphatic carbocycles. The summed E-state index contributed by atoms with van der Waals surface area (Å²) >= 11 is 0. The molecule has 1 aromatic rings. The second-order valence-corrected chi connectivity index (χ2v) is 4.83. The maximum absolute atomic E-state index is 10.8.